The highest BCUT2D eigenvalue weighted by molar-refractivity contribution is 9.08. The van der Waals surface area contributed by atoms with Crippen molar-refractivity contribution >= 4 is 27.3 Å². The molecule has 110 valence electrons. The Morgan fingerprint density at radius 2 is 2.20 bits per heavy atom. The average molecular weight is 341 g/mol. The lowest BCUT2D eigenvalue weighted by Gasteiger charge is -2.35. The molecule has 0 aliphatic heterocycles. The van der Waals surface area contributed by atoms with Crippen LogP contribution in [0.3, 0.4) is 0 Å². The molecule has 0 amide bonds. The minimum Gasteiger partial charge on any atom is -0.366 e. The Morgan fingerprint density at radius 1 is 1.45 bits per heavy atom. The van der Waals surface area contributed by atoms with E-state index in [0.29, 0.717) is 17.3 Å². The zero-order chi connectivity index (χ0) is 14.7. The van der Waals surface area contributed by atoms with Crippen LogP contribution in [0.5, 0.6) is 0 Å². The Bertz CT molecular complexity index is 493. The summed E-state index contributed by atoms with van der Waals surface area (Å²) in [5.74, 6) is 0.706. The van der Waals surface area contributed by atoms with Crippen molar-refractivity contribution in [2.24, 2.45) is 5.92 Å². The van der Waals surface area contributed by atoms with Crippen LogP contribution in [-0.2, 0) is 5.33 Å². The highest BCUT2D eigenvalue weighted by Gasteiger charge is 2.26. The second-order valence-electron chi connectivity index (χ2n) is 5.75. The fourth-order valence-electron chi connectivity index (χ4n) is 3.05. The van der Waals surface area contributed by atoms with Crippen LogP contribution in [0.2, 0.25) is 0 Å². The molecule has 1 aliphatic rings. The van der Waals surface area contributed by atoms with Crippen LogP contribution in [-0.4, -0.2) is 18.0 Å². The van der Waals surface area contributed by atoms with E-state index in [1.165, 1.54) is 12.8 Å². The molecule has 1 saturated carbocycles. The third-order valence-corrected chi connectivity index (χ3v) is 4.87. The molecule has 1 aliphatic carbocycles. The Kier molecular flexibility index (Phi) is 5.02. The monoisotopic (exact) mass is 340 g/mol. The summed E-state index contributed by atoms with van der Waals surface area (Å²) in [5.41, 5.74) is 1.88. The van der Waals surface area contributed by atoms with Crippen LogP contribution in [0, 0.1) is 16.0 Å². The molecule has 2 atom stereocenters. The highest BCUT2D eigenvalue weighted by atomic mass is 79.9. The maximum atomic E-state index is 11.3. The second-order valence-corrected chi connectivity index (χ2v) is 6.31. The molecule has 0 saturated heterocycles. The van der Waals surface area contributed by atoms with Crippen LogP contribution in [0.25, 0.3) is 0 Å². The summed E-state index contributed by atoms with van der Waals surface area (Å²) < 4.78 is 0. The standard InChI is InChI=1S/C15H21BrN2O2/c1-11-4-3-5-13(8-11)17(2)14-7-6-12(10-16)9-15(14)18(19)20/h6-7,9,11,13H,3-5,8,10H2,1-2H3. The van der Waals surface area contributed by atoms with Gasteiger partial charge in [0.15, 0.2) is 0 Å². The van der Waals surface area contributed by atoms with Crippen LogP contribution >= 0.6 is 15.9 Å². The molecule has 0 spiro atoms. The molecule has 0 radical (unpaired) electrons. The topological polar surface area (TPSA) is 46.4 Å². The number of rotatable bonds is 4. The fraction of sp³-hybridized carbons (Fsp3) is 0.600. The lowest BCUT2D eigenvalue weighted by atomic mass is 9.86. The van der Waals surface area contributed by atoms with E-state index in [4.69, 9.17) is 0 Å². The van der Waals surface area contributed by atoms with E-state index < -0.39 is 0 Å². The first-order valence-corrected chi connectivity index (χ1v) is 8.21. The maximum Gasteiger partial charge on any atom is 0.292 e. The van der Waals surface area contributed by atoms with E-state index in [9.17, 15) is 10.1 Å². The smallest absolute Gasteiger partial charge is 0.292 e. The van der Waals surface area contributed by atoms with Crippen molar-refractivity contribution in [3.05, 3.63) is 33.9 Å². The predicted octanol–water partition coefficient (Wildman–Crippen LogP) is 4.50. The maximum absolute atomic E-state index is 11.3. The quantitative estimate of drug-likeness (QED) is 0.460. The van der Waals surface area contributed by atoms with E-state index in [2.05, 4.69) is 27.8 Å². The summed E-state index contributed by atoms with van der Waals surface area (Å²) >= 11 is 3.35. The van der Waals surface area contributed by atoms with E-state index in [1.54, 1.807) is 6.07 Å². The van der Waals surface area contributed by atoms with Gasteiger partial charge in [-0.3, -0.25) is 10.1 Å². The van der Waals surface area contributed by atoms with Gasteiger partial charge >= 0.3 is 0 Å². The molecule has 4 nitrogen and oxygen atoms in total. The number of nitrogens with zero attached hydrogens (tertiary/aromatic N) is 2. The van der Waals surface area contributed by atoms with E-state index in [-0.39, 0.29) is 10.6 Å². The van der Waals surface area contributed by atoms with Gasteiger partial charge in [-0.05, 0) is 30.4 Å². The molecule has 2 rings (SSSR count). The lowest BCUT2D eigenvalue weighted by Crippen LogP contribution is -2.35. The van der Waals surface area contributed by atoms with Crippen LogP contribution < -0.4 is 4.90 Å². The van der Waals surface area contributed by atoms with Crippen molar-refractivity contribution in [1.82, 2.24) is 0 Å². The van der Waals surface area contributed by atoms with Gasteiger partial charge in [0.1, 0.15) is 5.69 Å². The van der Waals surface area contributed by atoms with E-state index in [1.807, 2.05) is 19.2 Å². The molecular weight excluding hydrogens is 320 g/mol. The van der Waals surface area contributed by atoms with Gasteiger partial charge in [0, 0.05) is 24.5 Å². The average Bonchev–Trinajstić information content (AvgIpc) is 2.45. The summed E-state index contributed by atoms with van der Waals surface area (Å²) in [6.45, 7) is 2.27. The molecule has 5 heteroatoms. The molecule has 2 unspecified atom stereocenters. The molecular formula is C15H21BrN2O2. The summed E-state index contributed by atoms with van der Waals surface area (Å²) in [5, 5.41) is 11.9. The summed E-state index contributed by atoms with van der Waals surface area (Å²) in [7, 11) is 1.98. The Hall–Kier alpha value is -1.10. The highest BCUT2D eigenvalue weighted by Crippen LogP contribution is 2.35. The summed E-state index contributed by atoms with van der Waals surface area (Å²) in [6, 6.07) is 5.92. The first kappa shape index (κ1) is 15.3. The zero-order valence-corrected chi connectivity index (χ0v) is 13.6. The number of alkyl halides is 1. The summed E-state index contributed by atoms with van der Waals surface area (Å²) in [4.78, 5) is 13.1. The number of benzene rings is 1. The van der Waals surface area contributed by atoms with Gasteiger partial charge in [0.2, 0.25) is 0 Å². The molecule has 20 heavy (non-hydrogen) atoms. The van der Waals surface area contributed by atoms with Gasteiger partial charge in [-0.2, -0.15) is 0 Å². The SMILES string of the molecule is CC1CCCC(N(C)c2ccc(CBr)cc2[N+](=O)[O-])C1. The van der Waals surface area contributed by atoms with Crippen molar-refractivity contribution < 1.29 is 4.92 Å². The van der Waals surface area contributed by atoms with Gasteiger partial charge in [-0.25, -0.2) is 0 Å². The molecule has 0 bridgehead atoms. The van der Waals surface area contributed by atoms with E-state index in [0.717, 1.165) is 24.1 Å². The van der Waals surface area contributed by atoms with Gasteiger partial charge in [0.05, 0.1) is 4.92 Å². The van der Waals surface area contributed by atoms with Gasteiger partial charge in [-0.1, -0.05) is 41.8 Å². The van der Waals surface area contributed by atoms with E-state index >= 15 is 0 Å². The number of anilines is 1. The molecule has 1 aromatic carbocycles. The molecule has 0 heterocycles. The summed E-state index contributed by atoms with van der Waals surface area (Å²) in [6.07, 6.45) is 4.73. The molecule has 0 aromatic heterocycles. The number of nitro groups is 1. The Labute approximate surface area is 128 Å². The van der Waals surface area contributed by atoms with Crippen molar-refractivity contribution in [1.29, 1.82) is 0 Å². The predicted molar refractivity (Wildman–Crippen MR) is 85.6 cm³/mol. The van der Waals surface area contributed by atoms with Crippen molar-refractivity contribution in [2.75, 3.05) is 11.9 Å². The van der Waals surface area contributed by atoms with Crippen molar-refractivity contribution in [3.8, 4) is 0 Å². The minimum absolute atomic E-state index is 0.211. The zero-order valence-electron chi connectivity index (χ0n) is 12.0. The largest absolute Gasteiger partial charge is 0.366 e. The van der Waals surface area contributed by atoms with Crippen LogP contribution in [0.1, 0.15) is 38.2 Å². The van der Waals surface area contributed by atoms with Crippen molar-refractivity contribution in [3.63, 3.8) is 0 Å². The number of hydrogen-bond acceptors (Lipinski definition) is 3. The fourth-order valence-corrected chi connectivity index (χ4v) is 3.40. The minimum atomic E-state index is -0.274. The molecule has 0 N–H and O–H groups in total. The Morgan fingerprint density at radius 3 is 2.80 bits per heavy atom. The molecule has 1 fully saturated rings. The Balaban J connectivity index is 2.28. The number of halogens is 1. The molecule has 1 aromatic rings. The normalized spacial score (nSPS) is 22.6. The van der Waals surface area contributed by atoms with Gasteiger partial charge < -0.3 is 4.90 Å². The third kappa shape index (κ3) is 3.32. The first-order chi connectivity index (χ1) is 9.52. The number of nitro benzene ring substituents is 1. The third-order valence-electron chi connectivity index (χ3n) is 4.23. The number of hydrogen-bond donors (Lipinski definition) is 0. The van der Waals surface area contributed by atoms with Crippen LogP contribution in [0.15, 0.2) is 18.2 Å². The first-order valence-electron chi connectivity index (χ1n) is 7.09. The van der Waals surface area contributed by atoms with Crippen molar-refractivity contribution in [2.45, 2.75) is 44.0 Å². The lowest BCUT2D eigenvalue weighted by molar-refractivity contribution is -0.384. The van der Waals surface area contributed by atoms with Crippen LogP contribution in [0.4, 0.5) is 11.4 Å². The second kappa shape index (κ2) is 6.57. The van der Waals surface area contributed by atoms with Gasteiger partial charge in [0.25, 0.3) is 5.69 Å². The van der Waals surface area contributed by atoms with Gasteiger partial charge in [-0.15, -0.1) is 0 Å².